The lowest BCUT2D eigenvalue weighted by molar-refractivity contribution is -0.124. The Kier molecular flexibility index (Phi) is 7.53. The van der Waals surface area contributed by atoms with E-state index in [9.17, 15) is 14.4 Å². The molecule has 0 saturated carbocycles. The summed E-state index contributed by atoms with van der Waals surface area (Å²) in [4.78, 5) is 38.3. The number of nitrogens with zero attached hydrogens (tertiary/aromatic N) is 1. The van der Waals surface area contributed by atoms with Crippen LogP contribution in [0.3, 0.4) is 0 Å². The summed E-state index contributed by atoms with van der Waals surface area (Å²) in [7, 11) is 1.54. The number of methoxy groups -OCH3 is 1. The van der Waals surface area contributed by atoms with E-state index in [4.69, 9.17) is 9.47 Å². The van der Waals surface area contributed by atoms with Gasteiger partial charge in [-0.05, 0) is 64.8 Å². The molecule has 9 heteroatoms. The van der Waals surface area contributed by atoms with Gasteiger partial charge in [-0.1, -0.05) is 6.07 Å². The van der Waals surface area contributed by atoms with E-state index in [0.717, 1.165) is 27.8 Å². The number of amides is 3. The van der Waals surface area contributed by atoms with E-state index >= 15 is 0 Å². The number of ether oxygens (including phenoxy) is 2. The molecule has 7 nitrogen and oxygen atoms in total. The van der Waals surface area contributed by atoms with Crippen molar-refractivity contribution < 1.29 is 23.9 Å². The summed E-state index contributed by atoms with van der Waals surface area (Å²) in [5, 5.41) is 6.22. The highest BCUT2D eigenvalue weighted by Gasteiger charge is 2.34. The summed E-state index contributed by atoms with van der Waals surface area (Å²) in [6, 6.07) is 7.21. The summed E-state index contributed by atoms with van der Waals surface area (Å²) >= 11 is 2.41. The van der Waals surface area contributed by atoms with Crippen LogP contribution in [0.25, 0.3) is 6.08 Å². The highest BCUT2D eigenvalue weighted by Crippen LogP contribution is 2.34. The molecule has 0 aliphatic carbocycles. The Morgan fingerprint density at radius 1 is 1.23 bits per heavy atom. The molecule has 3 amide bonds. The third-order valence-electron chi connectivity index (χ3n) is 4.26. The van der Waals surface area contributed by atoms with E-state index < -0.39 is 0 Å². The van der Waals surface area contributed by atoms with Gasteiger partial charge >= 0.3 is 0 Å². The lowest BCUT2D eigenvalue weighted by Gasteiger charge is -2.13. The minimum atomic E-state index is -0.370. The smallest absolute Gasteiger partial charge is 0.293 e. The van der Waals surface area contributed by atoms with Crippen molar-refractivity contribution in [2.24, 2.45) is 0 Å². The molecule has 158 valence electrons. The number of nitrogens with one attached hydrogen (secondary N) is 1. The molecule has 0 radical (unpaired) electrons. The van der Waals surface area contributed by atoms with Gasteiger partial charge in [0.05, 0.1) is 25.0 Å². The lowest BCUT2D eigenvalue weighted by Crippen LogP contribution is -2.37. The van der Waals surface area contributed by atoms with Gasteiger partial charge in [0.15, 0.2) is 11.5 Å². The Hall–Kier alpha value is -2.78. The monoisotopic (exact) mass is 446 g/mol. The lowest BCUT2D eigenvalue weighted by atomic mass is 10.2. The third kappa shape index (κ3) is 5.43. The predicted molar refractivity (Wildman–Crippen MR) is 118 cm³/mol. The molecule has 2 aromatic rings. The molecule has 2 heterocycles. The van der Waals surface area contributed by atoms with Crippen molar-refractivity contribution in [3.63, 3.8) is 0 Å². The van der Waals surface area contributed by atoms with Gasteiger partial charge < -0.3 is 14.8 Å². The number of benzene rings is 1. The average Bonchev–Trinajstić information content (AvgIpc) is 3.32. The first-order valence-corrected chi connectivity index (χ1v) is 11.1. The first-order valence-electron chi connectivity index (χ1n) is 9.35. The van der Waals surface area contributed by atoms with Crippen LogP contribution in [0.15, 0.2) is 39.9 Å². The normalized spacial score (nSPS) is 15.0. The van der Waals surface area contributed by atoms with Crippen LogP contribution in [-0.2, 0) is 16.0 Å². The van der Waals surface area contributed by atoms with Crippen molar-refractivity contribution in [3.8, 4) is 11.5 Å². The molecule has 1 saturated heterocycles. The third-order valence-corrected chi connectivity index (χ3v) is 5.90. The summed E-state index contributed by atoms with van der Waals surface area (Å²) in [5.41, 5.74) is 1.67. The van der Waals surface area contributed by atoms with E-state index in [0.29, 0.717) is 23.0 Å². The van der Waals surface area contributed by atoms with Crippen molar-refractivity contribution in [3.05, 3.63) is 51.1 Å². The van der Waals surface area contributed by atoms with Crippen LogP contribution >= 0.6 is 23.1 Å². The van der Waals surface area contributed by atoms with Crippen molar-refractivity contribution in [2.45, 2.75) is 13.3 Å². The van der Waals surface area contributed by atoms with Gasteiger partial charge in [-0.25, -0.2) is 0 Å². The van der Waals surface area contributed by atoms with Crippen LogP contribution in [0.1, 0.15) is 18.1 Å². The van der Waals surface area contributed by atoms with Crippen LogP contribution in [0.2, 0.25) is 0 Å². The van der Waals surface area contributed by atoms with E-state index in [-0.39, 0.29) is 36.6 Å². The minimum Gasteiger partial charge on any atom is -0.493 e. The Bertz CT molecular complexity index is 956. The Balaban J connectivity index is 1.59. The molecule has 0 atom stereocenters. The fraction of sp³-hybridized carbons (Fsp3) is 0.286. The molecule has 1 aromatic carbocycles. The summed E-state index contributed by atoms with van der Waals surface area (Å²) in [6.45, 7) is 2.74. The van der Waals surface area contributed by atoms with Gasteiger partial charge in [-0.3, -0.25) is 19.3 Å². The molecule has 0 spiro atoms. The van der Waals surface area contributed by atoms with Crippen LogP contribution in [0.5, 0.6) is 11.5 Å². The molecule has 3 rings (SSSR count). The largest absolute Gasteiger partial charge is 0.493 e. The number of thiophene rings is 1. The summed E-state index contributed by atoms with van der Waals surface area (Å²) in [6.07, 6.45) is 1.93. The number of imide groups is 1. The second kappa shape index (κ2) is 10.3. The highest BCUT2D eigenvalue weighted by molar-refractivity contribution is 8.18. The van der Waals surface area contributed by atoms with E-state index in [1.54, 1.807) is 31.4 Å². The van der Waals surface area contributed by atoms with Crippen molar-refractivity contribution in [1.29, 1.82) is 0 Å². The standard InChI is InChI=1S/C21H22N2O5S2/c1-3-28-16-5-4-14(10-17(16)27-2)11-18-20(25)23(21(26)30-18)8-7-22-19(24)12-15-6-9-29-13-15/h4-6,9-11,13H,3,7-8,12H2,1-2H3,(H,22,24)/b18-11-. The highest BCUT2D eigenvalue weighted by atomic mass is 32.2. The zero-order valence-corrected chi connectivity index (χ0v) is 18.3. The molecule has 0 unspecified atom stereocenters. The molecule has 30 heavy (non-hydrogen) atoms. The fourth-order valence-corrected chi connectivity index (χ4v) is 4.37. The number of hydrogen-bond donors (Lipinski definition) is 1. The van der Waals surface area contributed by atoms with Gasteiger partial charge in [0.1, 0.15) is 0 Å². The molecule has 1 aliphatic heterocycles. The zero-order valence-electron chi connectivity index (χ0n) is 16.7. The second-order valence-electron chi connectivity index (χ2n) is 6.33. The Morgan fingerprint density at radius 3 is 2.77 bits per heavy atom. The van der Waals surface area contributed by atoms with Gasteiger partial charge in [-0.2, -0.15) is 11.3 Å². The molecule has 0 bridgehead atoms. The fourth-order valence-electron chi connectivity index (χ4n) is 2.84. The minimum absolute atomic E-state index is 0.129. The summed E-state index contributed by atoms with van der Waals surface area (Å²) in [5.74, 6) is 0.656. The van der Waals surface area contributed by atoms with Gasteiger partial charge in [0, 0.05) is 13.1 Å². The molecular weight excluding hydrogens is 424 g/mol. The maximum Gasteiger partial charge on any atom is 0.293 e. The molecular formula is C21H22N2O5S2. The Labute approximate surface area is 183 Å². The van der Waals surface area contributed by atoms with E-state index in [1.807, 2.05) is 23.8 Å². The molecule has 1 aliphatic rings. The zero-order chi connectivity index (χ0) is 21.5. The topological polar surface area (TPSA) is 84.9 Å². The average molecular weight is 447 g/mol. The molecule has 1 aromatic heterocycles. The molecule has 1 N–H and O–H groups in total. The van der Waals surface area contributed by atoms with Crippen molar-refractivity contribution >= 4 is 46.2 Å². The van der Waals surface area contributed by atoms with Gasteiger partial charge in [-0.15, -0.1) is 0 Å². The van der Waals surface area contributed by atoms with Crippen LogP contribution in [0.4, 0.5) is 4.79 Å². The number of rotatable bonds is 9. The van der Waals surface area contributed by atoms with E-state index in [2.05, 4.69) is 5.32 Å². The van der Waals surface area contributed by atoms with Crippen molar-refractivity contribution in [2.75, 3.05) is 26.8 Å². The maximum absolute atomic E-state index is 12.6. The summed E-state index contributed by atoms with van der Waals surface area (Å²) < 4.78 is 10.8. The SMILES string of the molecule is CCOc1ccc(/C=C2\SC(=O)N(CCNC(=O)Cc3ccsc3)C2=O)cc1OC. The van der Waals surface area contributed by atoms with Crippen LogP contribution in [-0.4, -0.2) is 48.8 Å². The quantitative estimate of drug-likeness (QED) is 0.593. The number of carbonyl (C=O) groups excluding carboxylic acids is 3. The first-order chi connectivity index (χ1) is 14.5. The van der Waals surface area contributed by atoms with Gasteiger partial charge in [0.2, 0.25) is 5.91 Å². The second-order valence-corrected chi connectivity index (χ2v) is 8.11. The number of thioether (sulfide) groups is 1. The number of hydrogen-bond acceptors (Lipinski definition) is 7. The van der Waals surface area contributed by atoms with Crippen molar-refractivity contribution in [1.82, 2.24) is 10.2 Å². The van der Waals surface area contributed by atoms with Crippen LogP contribution < -0.4 is 14.8 Å². The van der Waals surface area contributed by atoms with E-state index in [1.165, 1.54) is 11.3 Å². The van der Waals surface area contributed by atoms with Gasteiger partial charge in [0.25, 0.3) is 11.1 Å². The maximum atomic E-state index is 12.6. The number of carbonyl (C=O) groups is 3. The first kappa shape index (κ1) is 21.9. The Morgan fingerprint density at radius 2 is 2.07 bits per heavy atom. The predicted octanol–water partition coefficient (Wildman–Crippen LogP) is 3.55. The van der Waals surface area contributed by atoms with Crippen LogP contribution in [0, 0.1) is 0 Å². The molecule has 1 fully saturated rings.